The molecule has 112 valence electrons. The lowest BCUT2D eigenvalue weighted by Gasteiger charge is -2.15. The standard InChI is InChI=1S/C15H24N2O3/c1-4-17-11-12-7-5-8-13(19-3)15(12)20-10-6-9-14(18)16-2/h5,7-8,17H,4,6,9-11H2,1-3H3,(H,16,18). The molecule has 0 atom stereocenters. The first kappa shape index (κ1) is 16.3. The number of rotatable bonds is 9. The summed E-state index contributed by atoms with van der Waals surface area (Å²) in [6.07, 6.45) is 1.15. The van der Waals surface area contributed by atoms with Crippen molar-refractivity contribution in [1.29, 1.82) is 0 Å². The molecule has 0 aliphatic carbocycles. The van der Waals surface area contributed by atoms with Gasteiger partial charge in [0, 0.05) is 25.6 Å². The maximum absolute atomic E-state index is 11.2. The molecule has 1 aromatic carbocycles. The van der Waals surface area contributed by atoms with Crippen molar-refractivity contribution < 1.29 is 14.3 Å². The predicted octanol–water partition coefficient (Wildman–Crippen LogP) is 1.71. The number of para-hydroxylation sites is 1. The van der Waals surface area contributed by atoms with Crippen molar-refractivity contribution in [2.45, 2.75) is 26.3 Å². The molecule has 5 heteroatoms. The van der Waals surface area contributed by atoms with Crippen molar-refractivity contribution in [3.05, 3.63) is 23.8 Å². The van der Waals surface area contributed by atoms with Gasteiger partial charge in [0.1, 0.15) is 0 Å². The van der Waals surface area contributed by atoms with Gasteiger partial charge >= 0.3 is 0 Å². The molecule has 0 bridgehead atoms. The van der Waals surface area contributed by atoms with Gasteiger partial charge in [-0.15, -0.1) is 0 Å². The molecule has 5 nitrogen and oxygen atoms in total. The lowest BCUT2D eigenvalue weighted by Crippen LogP contribution is -2.18. The predicted molar refractivity (Wildman–Crippen MR) is 79.2 cm³/mol. The van der Waals surface area contributed by atoms with Gasteiger partial charge in [0.05, 0.1) is 13.7 Å². The number of carbonyl (C=O) groups excluding carboxylic acids is 1. The Labute approximate surface area is 120 Å². The molecule has 1 amide bonds. The Hall–Kier alpha value is -1.75. The number of carbonyl (C=O) groups is 1. The van der Waals surface area contributed by atoms with Crippen LogP contribution in [0.5, 0.6) is 11.5 Å². The summed E-state index contributed by atoms with van der Waals surface area (Å²) in [7, 11) is 3.27. The van der Waals surface area contributed by atoms with Crippen LogP contribution in [0, 0.1) is 0 Å². The van der Waals surface area contributed by atoms with Crippen LogP contribution >= 0.6 is 0 Å². The maximum Gasteiger partial charge on any atom is 0.219 e. The Morgan fingerprint density at radius 3 is 2.80 bits per heavy atom. The lowest BCUT2D eigenvalue weighted by atomic mass is 10.2. The number of hydrogen-bond donors (Lipinski definition) is 2. The number of hydrogen-bond acceptors (Lipinski definition) is 4. The van der Waals surface area contributed by atoms with Gasteiger partial charge in [0.25, 0.3) is 0 Å². The topological polar surface area (TPSA) is 59.6 Å². The molecule has 0 fully saturated rings. The summed E-state index contributed by atoms with van der Waals surface area (Å²) in [4.78, 5) is 11.2. The number of amides is 1. The van der Waals surface area contributed by atoms with Crippen molar-refractivity contribution in [2.24, 2.45) is 0 Å². The van der Waals surface area contributed by atoms with Gasteiger partial charge in [0.2, 0.25) is 5.91 Å². The molecule has 2 N–H and O–H groups in total. The van der Waals surface area contributed by atoms with Gasteiger partial charge in [-0.05, 0) is 19.0 Å². The molecule has 1 rings (SSSR count). The molecule has 0 aliphatic heterocycles. The van der Waals surface area contributed by atoms with Crippen molar-refractivity contribution in [3.63, 3.8) is 0 Å². The number of methoxy groups -OCH3 is 1. The molecule has 0 saturated heterocycles. The first-order chi connectivity index (χ1) is 9.72. The van der Waals surface area contributed by atoms with E-state index in [1.807, 2.05) is 18.2 Å². The largest absolute Gasteiger partial charge is 0.493 e. The Kier molecular flexibility index (Phi) is 7.50. The number of nitrogens with one attached hydrogen (secondary N) is 2. The summed E-state index contributed by atoms with van der Waals surface area (Å²) in [5, 5.41) is 5.87. The van der Waals surface area contributed by atoms with Crippen molar-refractivity contribution in [3.8, 4) is 11.5 Å². The van der Waals surface area contributed by atoms with Gasteiger partial charge in [-0.1, -0.05) is 19.1 Å². The first-order valence-corrected chi connectivity index (χ1v) is 6.92. The average Bonchev–Trinajstić information content (AvgIpc) is 2.49. The monoisotopic (exact) mass is 280 g/mol. The minimum absolute atomic E-state index is 0.0292. The summed E-state index contributed by atoms with van der Waals surface area (Å²) >= 11 is 0. The highest BCUT2D eigenvalue weighted by Gasteiger charge is 2.10. The molecule has 0 heterocycles. The highest BCUT2D eigenvalue weighted by molar-refractivity contribution is 5.75. The minimum atomic E-state index is 0.0292. The van der Waals surface area contributed by atoms with Crippen molar-refractivity contribution >= 4 is 5.91 Å². The lowest BCUT2D eigenvalue weighted by molar-refractivity contribution is -0.120. The van der Waals surface area contributed by atoms with Gasteiger partial charge < -0.3 is 20.1 Å². The fraction of sp³-hybridized carbons (Fsp3) is 0.533. The van der Waals surface area contributed by atoms with Crippen molar-refractivity contribution in [1.82, 2.24) is 10.6 Å². The Balaban J connectivity index is 2.63. The molecule has 20 heavy (non-hydrogen) atoms. The molecule has 0 spiro atoms. The molecule has 1 aromatic rings. The zero-order chi connectivity index (χ0) is 14.8. The van der Waals surface area contributed by atoms with Gasteiger partial charge in [-0.25, -0.2) is 0 Å². The SMILES string of the molecule is CCNCc1cccc(OC)c1OCCCC(=O)NC. The third-order valence-corrected chi connectivity index (χ3v) is 2.92. The second-order valence-corrected chi connectivity index (χ2v) is 4.35. The summed E-state index contributed by atoms with van der Waals surface area (Å²) in [5.74, 6) is 1.51. The van der Waals surface area contributed by atoms with Crippen LogP contribution in [0.15, 0.2) is 18.2 Å². The van der Waals surface area contributed by atoms with E-state index in [2.05, 4.69) is 17.6 Å². The molecule has 0 saturated carbocycles. The van der Waals surface area contributed by atoms with Crippen molar-refractivity contribution in [2.75, 3.05) is 27.3 Å². The summed E-state index contributed by atoms with van der Waals surface area (Å²) in [6, 6.07) is 5.84. The van der Waals surface area contributed by atoms with E-state index in [-0.39, 0.29) is 5.91 Å². The molecular weight excluding hydrogens is 256 g/mol. The fourth-order valence-corrected chi connectivity index (χ4v) is 1.82. The van der Waals surface area contributed by atoms with Crippen LogP contribution in [-0.4, -0.2) is 33.2 Å². The molecule has 0 aliphatic rings. The second kappa shape index (κ2) is 9.20. The number of ether oxygens (including phenoxy) is 2. The zero-order valence-corrected chi connectivity index (χ0v) is 12.5. The van der Waals surface area contributed by atoms with Gasteiger partial charge in [-0.2, -0.15) is 0 Å². The Morgan fingerprint density at radius 2 is 2.15 bits per heavy atom. The van der Waals surface area contributed by atoms with Crippen LogP contribution in [0.2, 0.25) is 0 Å². The van der Waals surface area contributed by atoms with Crippen LogP contribution in [0.3, 0.4) is 0 Å². The molecule has 0 unspecified atom stereocenters. The highest BCUT2D eigenvalue weighted by Crippen LogP contribution is 2.31. The van der Waals surface area contributed by atoms with E-state index < -0.39 is 0 Å². The van der Waals surface area contributed by atoms with E-state index in [4.69, 9.17) is 9.47 Å². The highest BCUT2D eigenvalue weighted by atomic mass is 16.5. The summed E-state index contributed by atoms with van der Waals surface area (Å²) in [5.41, 5.74) is 1.06. The smallest absolute Gasteiger partial charge is 0.219 e. The fourth-order valence-electron chi connectivity index (χ4n) is 1.82. The van der Waals surface area contributed by atoms with Gasteiger partial charge in [-0.3, -0.25) is 4.79 Å². The molecule has 0 aromatic heterocycles. The average molecular weight is 280 g/mol. The minimum Gasteiger partial charge on any atom is -0.493 e. The first-order valence-electron chi connectivity index (χ1n) is 6.92. The normalized spacial score (nSPS) is 10.2. The third kappa shape index (κ3) is 5.09. The second-order valence-electron chi connectivity index (χ2n) is 4.35. The van der Waals surface area contributed by atoms with E-state index in [9.17, 15) is 4.79 Å². The van der Waals surface area contributed by atoms with E-state index in [1.165, 1.54) is 0 Å². The van der Waals surface area contributed by atoms with E-state index >= 15 is 0 Å². The Morgan fingerprint density at radius 1 is 1.35 bits per heavy atom. The van der Waals surface area contributed by atoms with Gasteiger partial charge in [0.15, 0.2) is 11.5 Å². The third-order valence-electron chi connectivity index (χ3n) is 2.92. The molecule has 0 radical (unpaired) electrons. The van der Waals surface area contributed by atoms with E-state index in [0.29, 0.717) is 19.4 Å². The van der Waals surface area contributed by atoms with Crippen LogP contribution in [0.4, 0.5) is 0 Å². The molecular formula is C15H24N2O3. The maximum atomic E-state index is 11.2. The van der Waals surface area contributed by atoms with Crippen LogP contribution in [-0.2, 0) is 11.3 Å². The van der Waals surface area contributed by atoms with Crippen LogP contribution in [0.1, 0.15) is 25.3 Å². The quantitative estimate of drug-likeness (QED) is 0.676. The zero-order valence-electron chi connectivity index (χ0n) is 12.5. The summed E-state index contributed by atoms with van der Waals surface area (Å²) in [6.45, 7) is 4.18. The van der Waals surface area contributed by atoms with Crippen LogP contribution < -0.4 is 20.1 Å². The summed E-state index contributed by atoms with van der Waals surface area (Å²) < 4.78 is 11.1. The van der Waals surface area contributed by atoms with E-state index in [1.54, 1.807) is 14.2 Å². The number of benzene rings is 1. The van der Waals surface area contributed by atoms with E-state index in [0.717, 1.165) is 30.2 Å². The van der Waals surface area contributed by atoms with Crippen LogP contribution in [0.25, 0.3) is 0 Å². The Bertz CT molecular complexity index is 422.